The van der Waals surface area contributed by atoms with Crippen molar-refractivity contribution < 1.29 is 31.8 Å². The summed E-state index contributed by atoms with van der Waals surface area (Å²) in [5, 5.41) is 5.45. The number of nitrogens with one attached hydrogen (secondary N) is 2. The maximum Gasteiger partial charge on any atom is 0.413 e. The maximum atomic E-state index is 14.8. The lowest BCUT2D eigenvalue weighted by Crippen LogP contribution is -2.44. The summed E-state index contributed by atoms with van der Waals surface area (Å²) in [6, 6.07) is 3.81. The van der Waals surface area contributed by atoms with E-state index in [4.69, 9.17) is 4.74 Å². The first-order valence-electron chi connectivity index (χ1n) is 9.90. The lowest BCUT2D eigenvalue weighted by molar-refractivity contribution is -0.0697. The van der Waals surface area contributed by atoms with Gasteiger partial charge in [-0.25, -0.2) is 23.5 Å². The maximum absolute atomic E-state index is 14.8. The van der Waals surface area contributed by atoms with Gasteiger partial charge in [0.2, 0.25) is 0 Å². The third-order valence-corrected chi connectivity index (χ3v) is 5.23. The molecule has 2 aliphatic heterocycles. The van der Waals surface area contributed by atoms with Gasteiger partial charge in [-0.15, -0.1) is 0 Å². The fraction of sp³-hybridized carbons (Fsp3) is 0.450. The van der Waals surface area contributed by atoms with Crippen LogP contribution in [0.4, 0.5) is 34.0 Å². The predicted octanol–water partition coefficient (Wildman–Crippen LogP) is 3.16. The molecule has 12 heteroatoms. The van der Waals surface area contributed by atoms with Crippen molar-refractivity contribution in [2.24, 2.45) is 0 Å². The Bertz CT molecular complexity index is 1000. The number of alkyl halides is 4. The number of cyclic esters (lactones) is 1. The Morgan fingerprint density at radius 1 is 1.31 bits per heavy atom. The molecule has 4 rings (SSSR count). The Kier molecular flexibility index (Phi) is 6.15. The number of rotatable bonds is 6. The summed E-state index contributed by atoms with van der Waals surface area (Å²) in [4.78, 5) is 21.9. The number of ether oxygens (including phenoxy) is 2. The van der Waals surface area contributed by atoms with Crippen LogP contribution in [0.1, 0.15) is 17.2 Å². The Hall–Kier alpha value is -2.99. The molecule has 1 saturated heterocycles. The van der Waals surface area contributed by atoms with Gasteiger partial charge < -0.3 is 19.7 Å². The summed E-state index contributed by atoms with van der Waals surface area (Å²) in [6.45, 7) is 1.52. The van der Waals surface area contributed by atoms with E-state index in [2.05, 4.69) is 25.3 Å². The number of pyridine rings is 2. The number of methoxy groups -OCH3 is 1. The number of hydrogen-bond acceptors (Lipinski definition) is 7. The molecule has 1 atom stereocenters. The molecule has 4 heterocycles. The van der Waals surface area contributed by atoms with Crippen molar-refractivity contribution in [1.82, 2.24) is 15.3 Å². The molecule has 0 aliphatic carbocycles. The molecule has 1 fully saturated rings. The molecule has 172 valence electrons. The van der Waals surface area contributed by atoms with E-state index in [1.807, 2.05) is 4.90 Å². The molecule has 0 bridgehead atoms. The van der Waals surface area contributed by atoms with Crippen molar-refractivity contribution >= 4 is 17.7 Å². The summed E-state index contributed by atoms with van der Waals surface area (Å²) < 4.78 is 66.4. The van der Waals surface area contributed by atoms with Crippen molar-refractivity contribution in [1.29, 1.82) is 0 Å². The summed E-state index contributed by atoms with van der Waals surface area (Å²) in [7, 11) is 1.17. The van der Waals surface area contributed by atoms with Crippen LogP contribution in [-0.4, -0.2) is 62.4 Å². The fourth-order valence-corrected chi connectivity index (χ4v) is 3.75. The molecule has 0 aromatic carbocycles. The summed E-state index contributed by atoms with van der Waals surface area (Å²) >= 11 is 0. The van der Waals surface area contributed by atoms with Gasteiger partial charge in [-0.05, 0) is 18.2 Å². The minimum Gasteiger partial charge on any atom is -0.435 e. The van der Waals surface area contributed by atoms with Gasteiger partial charge in [0.25, 0.3) is 12.3 Å². The van der Waals surface area contributed by atoms with E-state index in [-0.39, 0.29) is 34.0 Å². The molecule has 2 N–H and O–H groups in total. The molecule has 2 aromatic heterocycles. The van der Waals surface area contributed by atoms with Gasteiger partial charge in [0.15, 0.2) is 6.10 Å². The molecule has 1 unspecified atom stereocenters. The first-order valence-corrected chi connectivity index (χ1v) is 9.90. The zero-order chi connectivity index (χ0) is 22.9. The van der Waals surface area contributed by atoms with E-state index < -0.39 is 31.2 Å². The van der Waals surface area contributed by atoms with Crippen molar-refractivity contribution in [2.75, 3.05) is 50.1 Å². The fourth-order valence-electron chi connectivity index (χ4n) is 3.75. The lowest BCUT2D eigenvalue weighted by atomic mass is 9.97. The predicted molar refractivity (Wildman–Crippen MR) is 107 cm³/mol. The smallest absolute Gasteiger partial charge is 0.413 e. The molecule has 1 amide bonds. The van der Waals surface area contributed by atoms with Crippen LogP contribution in [0.3, 0.4) is 0 Å². The van der Waals surface area contributed by atoms with Gasteiger partial charge in [0, 0.05) is 50.6 Å². The van der Waals surface area contributed by atoms with E-state index in [0.717, 1.165) is 6.07 Å². The van der Waals surface area contributed by atoms with Crippen molar-refractivity contribution in [3.05, 3.63) is 35.5 Å². The highest BCUT2D eigenvalue weighted by atomic mass is 19.3. The molecule has 0 spiro atoms. The third kappa shape index (κ3) is 4.32. The molecule has 2 aromatic rings. The molecule has 8 nitrogen and oxygen atoms in total. The number of anilines is 2. The van der Waals surface area contributed by atoms with Gasteiger partial charge in [-0.3, -0.25) is 5.32 Å². The number of halogens is 4. The van der Waals surface area contributed by atoms with E-state index in [9.17, 15) is 22.4 Å². The quantitative estimate of drug-likeness (QED) is 0.647. The van der Waals surface area contributed by atoms with Gasteiger partial charge in [0.1, 0.15) is 18.2 Å². The highest BCUT2D eigenvalue weighted by Crippen LogP contribution is 2.41. The zero-order valence-corrected chi connectivity index (χ0v) is 17.1. The molecule has 0 radical (unpaired) electrons. The normalized spacial score (nSPS) is 18.9. The van der Waals surface area contributed by atoms with Crippen LogP contribution in [0.15, 0.2) is 24.4 Å². The van der Waals surface area contributed by atoms with Crippen molar-refractivity contribution in [3.8, 4) is 11.3 Å². The van der Waals surface area contributed by atoms with Crippen LogP contribution < -0.4 is 15.5 Å². The Morgan fingerprint density at radius 3 is 2.75 bits per heavy atom. The van der Waals surface area contributed by atoms with Crippen LogP contribution in [0.5, 0.6) is 0 Å². The first kappa shape index (κ1) is 22.2. The van der Waals surface area contributed by atoms with Crippen LogP contribution in [0.2, 0.25) is 0 Å². The van der Waals surface area contributed by atoms with E-state index >= 15 is 0 Å². The van der Waals surface area contributed by atoms with E-state index in [1.165, 1.54) is 25.4 Å². The second kappa shape index (κ2) is 8.87. The van der Waals surface area contributed by atoms with Gasteiger partial charge in [-0.1, -0.05) is 0 Å². The molecule has 2 aliphatic rings. The first-order chi connectivity index (χ1) is 15.3. The third-order valence-electron chi connectivity index (χ3n) is 5.23. The van der Waals surface area contributed by atoms with Crippen molar-refractivity contribution in [2.45, 2.75) is 18.5 Å². The average molecular weight is 455 g/mol. The van der Waals surface area contributed by atoms with Gasteiger partial charge in [-0.2, -0.15) is 8.78 Å². The standard InChI is InChI=1S/C20H21F4N5O3/c1-31-10-20(23,24)11-8-13(27-14(9-11)29-6-4-25-5-7-29)12-2-3-26-18-15(12)16(17(21)22)32-19(30)28-18/h2-3,8-9,16-17,25H,4-7,10H2,1H3,(H,26,28,30). The largest absolute Gasteiger partial charge is 0.435 e. The van der Waals surface area contributed by atoms with Crippen LogP contribution in [-0.2, 0) is 15.4 Å². The Labute approximate surface area is 180 Å². The van der Waals surface area contributed by atoms with Gasteiger partial charge >= 0.3 is 6.09 Å². The number of amides is 1. The second-order valence-electron chi connectivity index (χ2n) is 7.38. The minimum absolute atomic E-state index is 0.0378. The van der Waals surface area contributed by atoms with E-state index in [1.54, 1.807) is 0 Å². The van der Waals surface area contributed by atoms with Gasteiger partial charge in [0.05, 0.1) is 11.3 Å². The molecular weight excluding hydrogens is 434 g/mol. The Morgan fingerprint density at radius 2 is 2.06 bits per heavy atom. The zero-order valence-electron chi connectivity index (χ0n) is 17.1. The average Bonchev–Trinajstić information content (AvgIpc) is 2.78. The summed E-state index contributed by atoms with van der Waals surface area (Å²) in [5.41, 5.74) is -0.325. The van der Waals surface area contributed by atoms with Crippen LogP contribution in [0, 0.1) is 0 Å². The number of nitrogens with zero attached hydrogens (tertiary/aromatic N) is 3. The highest BCUT2D eigenvalue weighted by molar-refractivity contribution is 5.89. The van der Waals surface area contributed by atoms with Crippen LogP contribution in [0.25, 0.3) is 11.3 Å². The van der Waals surface area contributed by atoms with E-state index in [0.29, 0.717) is 26.2 Å². The SMILES string of the molecule is COCC(F)(F)c1cc(-c2ccnc3c2C(C(F)F)OC(=O)N3)nc(N2CCNCC2)c1. The number of carbonyl (C=O) groups excluding carboxylic acids is 1. The van der Waals surface area contributed by atoms with Crippen molar-refractivity contribution in [3.63, 3.8) is 0 Å². The van der Waals surface area contributed by atoms with Crippen LogP contribution >= 0.6 is 0 Å². The molecular formula is C20H21F4N5O3. The lowest BCUT2D eigenvalue weighted by Gasteiger charge is -2.30. The second-order valence-corrected chi connectivity index (χ2v) is 7.38. The number of aromatic nitrogens is 2. The minimum atomic E-state index is -3.34. The topological polar surface area (TPSA) is 88.6 Å². The Balaban J connectivity index is 1.88. The number of piperazine rings is 1. The summed E-state index contributed by atoms with van der Waals surface area (Å²) in [5.74, 6) is -3.17. The monoisotopic (exact) mass is 455 g/mol. The summed E-state index contributed by atoms with van der Waals surface area (Å²) in [6.07, 6.45) is -4.74. The number of fused-ring (bicyclic) bond motifs is 1. The highest BCUT2D eigenvalue weighted by Gasteiger charge is 2.38. The molecule has 0 saturated carbocycles. The molecule has 32 heavy (non-hydrogen) atoms. The number of hydrogen-bond donors (Lipinski definition) is 2. The number of carbonyl (C=O) groups is 1.